The zero-order chi connectivity index (χ0) is 19.4. The van der Waals surface area contributed by atoms with Gasteiger partial charge in [-0.1, -0.05) is 17.7 Å². The number of hydrogen-bond donors (Lipinski definition) is 1. The first kappa shape index (κ1) is 18.3. The van der Waals surface area contributed by atoms with Crippen LogP contribution in [0.5, 0.6) is 0 Å². The second-order valence-corrected chi connectivity index (χ2v) is 6.10. The van der Waals surface area contributed by atoms with Gasteiger partial charge in [0, 0.05) is 28.3 Å². The number of hydrazone groups is 1. The lowest BCUT2D eigenvalue weighted by Gasteiger charge is -2.02. The predicted octanol–water partition coefficient (Wildman–Crippen LogP) is 4.58. The Kier molecular flexibility index (Phi) is 5.33. The molecular weight excluding hydrogens is 370 g/mol. The number of non-ortho nitro benzene ring substituents is 1. The van der Waals surface area contributed by atoms with Crippen LogP contribution < -0.4 is 5.43 Å². The maximum atomic E-state index is 12.0. The average molecular weight is 384 g/mol. The molecule has 0 bridgehead atoms. The van der Waals surface area contributed by atoms with Crippen LogP contribution in [-0.4, -0.2) is 17.0 Å². The molecule has 0 saturated carbocycles. The van der Waals surface area contributed by atoms with Crippen LogP contribution in [0, 0.1) is 17.0 Å². The van der Waals surface area contributed by atoms with Crippen LogP contribution >= 0.6 is 11.6 Å². The summed E-state index contributed by atoms with van der Waals surface area (Å²) in [6.07, 6.45) is 1.37. The monoisotopic (exact) mass is 383 g/mol. The van der Waals surface area contributed by atoms with Gasteiger partial charge in [-0.3, -0.25) is 14.9 Å². The fourth-order valence-corrected chi connectivity index (χ4v) is 2.64. The molecule has 0 unspecified atom stereocenters. The summed E-state index contributed by atoms with van der Waals surface area (Å²) >= 11 is 5.85. The number of benzene rings is 2. The number of halogens is 1. The number of carbonyl (C=O) groups is 1. The van der Waals surface area contributed by atoms with Crippen LogP contribution in [0.15, 0.2) is 64.1 Å². The van der Waals surface area contributed by atoms with E-state index in [4.69, 9.17) is 16.0 Å². The molecule has 0 saturated heterocycles. The van der Waals surface area contributed by atoms with Gasteiger partial charge in [-0.25, -0.2) is 5.43 Å². The third kappa shape index (κ3) is 4.39. The van der Waals surface area contributed by atoms with Crippen LogP contribution in [0.2, 0.25) is 5.02 Å². The Morgan fingerprint density at radius 2 is 2.04 bits per heavy atom. The molecule has 0 aliphatic carbocycles. The molecular formula is C19H14ClN3O4. The molecule has 8 heteroatoms. The average Bonchev–Trinajstić information content (AvgIpc) is 3.10. The van der Waals surface area contributed by atoms with Crippen LogP contribution in [-0.2, 0) is 0 Å². The maximum absolute atomic E-state index is 12.0. The fraction of sp³-hybridized carbons (Fsp3) is 0.0526. The molecule has 7 nitrogen and oxygen atoms in total. The largest absolute Gasteiger partial charge is 0.455 e. The number of nitro benzene ring substituents is 1. The summed E-state index contributed by atoms with van der Waals surface area (Å²) in [6.45, 7) is 1.77. The zero-order valence-corrected chi connectivity index (χ0v) is 14.9. The van der Waals surface area contributed by atoms with Crippen molar-refractivity contribution in [1.29, 1.82) is 0 Å². The second-order valence-electron chi connectivity index (χ2n) is 5.67. The summed E-state index contributed by atoms with van der Waals surface area (Å²) in [5.41, 5.74) is 4.26. The molecule has 1 heterocycles. The molecule has 0 atom stereocenters. The molecule has 136 valence electrons. The van der Waals surface area contributed by atoms with Crippen molar-refractivity contribution in [3.8, 4) is 11.3 Å². The topological polar surface area (TPSA) is 97.7 Å². The number of aryl methyl sites for hydroxylation is 1. The van der Waals surface area contributed by atoms with E-state index in [2.05, 4.69) is 10.5 Å². The van der Waals surface area contributed by atoms with E-state index in [9.17, 15) is 14.9 Å². The van der Waals surface area contributed by atoms with Gasteiger partial charge in [-0.2, -0.15) is 5.10 Å². The summed E-state index contributed by atoms with van der Waals surface area (Å²) in [5, 5.41) is 15.1. The highest BCUT2D eigenvalue weighted by atomic mass is 35.5. The molecule has 0 radical (unpaired) electrons. The van der Waals surface area contributed by atoms with Crippen molar-refractivity contribution in [1.82, 2.24) is 5.43 Å². The minimum absolute atomic E-state index is 0.0216. The van der Waals surface area contributed by atoms with E-state index in [1.165, 1.54) is 24.4 Å². The first-order valence-electron chi connectivity index (χ1n) is 7.88. The molecule has 3 aromatic rings. The molecule has 2 aromatic carbocycles. The Morgan fingerprint density at radius 3 is 2.74 bits per heavy atom. The van der Waals surface area contributed by atoms with Gasteiger partial charge >= 0.3 is 0 Å². The number of nitrogens with zero attached hydrogens (tertiary/aromatic N) is 2. The van der Waals surface area contributed by atoms with E-state index in [0.717, 1.165) is 11.1 Å². The Hall–Kier alpha value is -3.45. The third-order valence-electron chi connectivity index (χ3n) is 3.76. The van der Waals surface area contributed by atoms with Crippen LogP contribution in [0.1, 0.15) is 21.7 Å². The summed E-state index contributed by atoms with van der Waals surface area (Å²) in [6, 6.07) is 14.5. The molecule has 3 rings (SSSR count). The number of nitrogens with one attached hydrogen (secondary N) is 1. The Balaban J connectivity index is 1.70. The van der Waals surface area contributed by atoms with Crippen molar-refractivity contribution in [2.45, 2.75) is 6.92 Å². The van der Waals surface area contributed by atoms with Gasteiger partial charge in [0.15, 0.2) is 0 Å². The van der Waals surface area contributed by atoms with Crippen molar-refractivity contribution in [2.24, 2.45) is 5.10 Å². The quantitative estimate of drug-likeness (QED) is 0.396. The lowest BCUT2D eigenvalue weighted by molar-refractivity contribution is -0.384. The lowest BCUT2D eigenvalue weighted by Crippen LogP contribution is -2.17. The van der Waals surface area contributed by atoms with E-state index in [1.54, 1.807) is 43.3 Å². The van der Waals surface area contributed by atoms with Crippen LogP contribution in [0.4, 0.5) is 5.69 Å². The van der Waals surface area contributed by atoms with E-state index < -0.39 is 10.8 Å². The van der Waals surface area contributed by atoms with Gasteiger partial charge in [0.1, 0.15) is 11.5 Å². The molecule has 27 heavy (non-hydrogen) atoms. The van der Waals surface area contributed by atoms with Gasteiger partial charge in [-0.15, -0.1) is 0 Å². The number of nitro groups is 1. The summed E-state index contributed by atoms with van der Waals surface area (Å²) in [7, 11) is 0. The SMILES string of the molecule is Cc1cc([N+](=O)[O-])ccc1-c1ccc(/C=N\NC(=O)c2cccc(Cl)c2)o1. The Bertz CT molecular complexity index is 1040. The summed E-state index contributed by atoms with van der Waals surface area (Å²) in [5.74, 6) is 0.575. The maximum Gasteiger partial charge on any atom is 0.271 e. The van der Waals surface area contributed by atoms with Crippen molar-refractivity contribution < 1.29 is 14.1 Å². The first-order valence-corrected chi connectivity index (χ1v) is 8.26. The normalized spacial score (nSPS) is 10.9. The minimum Gasteiger partial charge on any atom is -0.455 e. The van der Waals surface area contributed by atoms with Gasteiger partial charge in [-0.05, 0) is 48.9 Å². The highest BCUT2D eigenvalue weighted by Crippen LogP contribution is 2.28. The molecule has 0 aliphatic rings. The van der Waals surface area contributed by atoms with Crippen molar-refractivity contribution in [2.75, 3.05) is 0 Å². The molecule has 1 N–H and O–H groups in total. The molecule has 0 aliphatic heterocycles. The highest BCUT2D eigenvalue weighted by Gasteiger charge is 2.12. The van der Waals surface area contributed by atoms with E-state index in [-0.39, 0.29) is 5.69 Å². The number of carbonyl (C=O) groups excluding carboxylic acids is 1. The van der Waals surface area contributed by atoms with E-state index in [0.29, 0.717) is 22.1 Å². The number of hydrogen-bond acceptors (Lipinski definition) is 5. The number of furan rings is 1. The van der Waals surface area contributed by atoms with Crippen molar-refractivity contribution in [3.63, 3.8) is 0 Å². The van der Waals surface area contributed by atoms with Crippen LogP contribution in [0.25, 0.3) is 11.3 Å². The molecule has 0 spiro atoms. The highest BCUT2D eigenvalue weighted by molar-refractivity contribution is 6.30. The Labute approximate surface area is 159 Å². The standard InChI is InChI=1S/C19H14ClN3O4/c1-12-9-15(23(25)26)5-7-17(12)18-8-6-16(27-18)11-21-22-19(24)13-3-2-4-14(20)10-13/h2-11H,1H3,(H,22,24)/b21-11-. The van der Waals surface area contributed by atoms with Crippen molar-refractivity contribution in [3.05, 3.63) is 86.6 Å². The van der Waals surface area contributed by atoms with Crippen LogP contribution in [0.3, 0.4) is 0 Å². The van der Waals surface area contributed by atoms with E-state index in [1.807, 2.05) is 0 Å². The first-order chi connectivity index (χ1) is 12.9. The minimum atomic E-state index is -0.445. The molecule has 1 aromatic heterocycles. The third-order valence-corrected chi connectivity index (χ3v) is 3.99. The zero-order valence-electron chi connectivity index (χ0n) is 14.2. The van der Waals surface area contributed by atoms with Gasteiger partial charge < -0.3 is 4.42 Å². The predicted molar refractivity (Wildman–Crippen MR) is 102 cm³/mol. The number of rotatable bonds is 5. The van der Waals surface area contributed by atoms with Gasteiger partial charge in [0.05, 0.1) is 11.1 Å². The number of amides is 1. The molecule has 1 amide bonds. The van der Waals surface area contributed by atoms with Gasteiger partial charge in [0.25, 0.3) is 11.6 Å². The molecule has 0 fully saturated rings. The lowest BCUT2D eigenvalue weighted by atomic mass is 10.1. The summed E-state index contributed by atoms with van der Waals surface area (Å²) < 4.78 is 5.67. The Morgan fingerprint density at radius 1 is 1.22 bits per heavy atom. The fourth-order valence-electron chi connectivity index (χ4n) is 2.45. The summed E-state index contributed by atoms with van der Waals surface area (Å²) in [4.78, 5) is 22.4. The van der Waals surface area contributed by atoms with E-state index >= 15 is 0 Å². The second kappa shape index (κ2) is 7.84. The van der Waals surface area contributed by atoms with Crippen molar-refractivity contribution >= 4 is 29.4 Å². The smallest absolute Gasteiger partial charge is 0.271 e. The van der Waals surface area contributed by atoms with Gasteiger partial charge in [0.2, 0.25) is 0 Å².